The maximum Gasteiger partial charge on any atom is 0.276 e. The Balaban J connectivity index is 1.75. The van der Waals surface area contributed by atoms with Crippen molar-refractivity contribution in [2.75, 3.05) is 6.54 Å². The molecule has 1 fully saturated rings. The number of hydrogen-bond acceptors (Lipinski definition) is 5. The Morgan fingerprint density at radius 1 is 1.43 bits per heavy atom. The van der Waals surface area contributed by atoms with Crippen LogP contribution in [-0.4, -0.2) is 43.4 Å². The molecule has 1 saturated carbocycles. The van der Waals surface area contributed by atoms with Crippen molar-refractivity contribution in [1.82, 2.24) is 24.9 Å². The van der Waals surface area contributed by atoms with Crippen molar-refractivity contribution in [3.05, 3.63) is 42.0 Å². The van der Waals surface area contributed by atoms with Crippen LogP contribution in [0.1, 0.15) is 29.0 Å². The van der Waals surface area contributed by atoms with E-state index < -0.39 is 0 Å². The van der Waals surface area contributed by atoms with Crippen molar-refractivity contribution in [3.8, 4) is 0 Å². The van der Waals surface area contributed by atoms with E-state index in [0.29, 0.717) is 31.4 Å². The SMILES string of the molecule is NCCn1cc(C(=O)N(Cc2ccccn2)C2CC2)nn1. The van der Waals surface area contributed by atoms with Gasteiger partial charge in [0.2, 0.25) is 0 Å². The van der Waals surface area contributed by atoms with Crippen LogP contribution in [-0.2, 0) is 13.1 Å². The van der Waals surface area contributed by atoms with Gasteiger partial charge >= 0.3 is 0 Å². The second kappa shape index (κ2) is 6.01. The third-order valence-electron chi connectivity index (χ3n) is 3.42. The van der Waals surface area contributed by atoms with Crippen LogP contribution >= 0.6 is 0 Å². The average Bonchev–Trinajstić information content (AvgIpc) is 3.25. The van der Waals surface area contributed by atoms with Gasteiger partial charge in [-0.15, -0.1) is 5.10 Å². The number of amides is 1. The molecule has 3 rings (SSSR count). The van der Waals surface area contributed by atoms with E-state index in [9.17, 15) is 4.79 Å². The van der Waals surface area contributed by atoms with E-state index in [0.717, 1.165) is 18.5 Å². The summed E-state index contributed by atoms with van der Waals surface area (Å²) in [4.78, 5) is 18.7. The fraction of sp³-hybridized carbons (Fsp3) is 0.429. The molecule has 0 aliphatic heterocycles. The Kier molecular flexibility index (Phi) is 3.92. The molecule has 0 unspecified atom stereocenters. The highest BCUT2D eigenvalue weighted by atomic mass is 16.2. The summed E-state index contributed by atoms with van der Waals surface area (Å²) in [6.45, 7) is 1.54. The van der Waals surface area contributed by atoms with Crippen LogP contribution in [0.3, 0.4) is 0 Å². The van der Waals surface area contributed by atoms with Gasteiger partial charge in [0.25, 0.3) is 5.91 Å². The second-order valence-corrected chi connectivity index (χ2v) is 5.14. The first kappa shape index (κ1) is 13.7. The summed E-state index contributed by atoms with van der Waals surface area (Å²) in [6, 6.07) is 6.01. The largest absolute Gasteiger partial charge is 0.329 e. The second-order valence-electron chi connectivity index (χ2n) is 5.14. The lowest BCUT2D eigenvalue weighted by atomic mass is 10.3. The van der Waals surface area contributed by atoms with E-state index in [1.807, 2.05) is 23.1 Å². The lowest BCUT2D eigenvalue weighted by Gasteiger charge is -2.20. The summed E-state index contributed by atoms with van der Waals surface area (Å²) < 4.78 is 1.60. The lowest BCUT2D eigenvalue weighted by Crippen LogP contribution is -2.33. The van der Waals surface area contributed by atoms with E-state index in [4.69, 9.17) is 5.73 Å². The van der Waals surface area contributed by atoms with Crippen LogP contribution in [0.15, 0.2) is 30.6 Å². The molecule has 0 radical (unpaired) electrons. The van der Waals surface area contributed by atoms with Gasteiger partial charge in [-0.25, -0.2) is 0 Å². The highest BCUT2D eigenvalue weighted by Crippen LogP contribution is 2.29. The molecule has 110 valence electrons. The molecule has 7 nitrogen and oxygen atoms in total. The van der Waals surface area contributed by atoms with E-state index in [-0.39, 0.29) is 5.91 Å². The summed E-state index contributed by atoms with van der Waals surface area (Å²) in [6.07, 6.45) is 5.47. The van der Waals surface area contributed by atoms with Gasteiger partial charge in [0, 0.05) is 18.8 Å². The van der Waals surface area contributed by atoms with Gasteiger partial charge in [0.15, 0.2) is 5.69 Å². The molecule has 0 aromatic carbocycles. The third-order valence-corrected chi connectivity index (χ3v) is 3.42. The number of nitrogens with zero attached hydrogens (tertiary/aromatic N) is 5. The number of carbonyl (C=O) groups is 1. The molecule has 0 saturated heterocycles. The molecule has 0 spiro atoms. The first-order valence-corrected chi connectivity index (χ1v) is 7.09. The maximum absolute atomic E-state index is 12.6. The third kappa shape index (κ3) is 3.25. The van der Waals surface area contributed by atoms with Gasteiger partial charge in [-0.05, 0) is 25.0 Å². The van der Waals surface area contributed by atoms with Crippen molar-refractivity contribution < 1.29 is 4.79 Å². The topological polar surface area (TPSA) is 89.9 Å². The number of rotatable bonds is 6. The Bertz CT molecular complexity index is 607. The fourth-order valence-corrected chi connectivity index (χ4v) is 2.20. The summed E-state index contributed by atoms with van der Waals surface area (Å²) in [5.41, 5.74) is 6.72. The van der Waals surface area contributed by atoms with Crippen LogP contribution in [0, 0.1) is 0 Å². The van der Waals surface area contributed by atoms with Crippen LogP contribution in [0.5, 0.6) is 0 Å². The first-order chi connectivity index (χ1) is 10.3. The highest BCUT2D eigenvalue weighted by Gasteiger charge is 2.34. The zero-order valence-electron chi connectivity index (χ0n) is 11.7. The molecule has 0 bridgehead atoms. The summed E-state index contributed by atoms with van der Waals surface area (Å²) in [5, 5.41) is 7.87. The smallest absolute Gasteiger partial charge is 0.276 e. The predicted octanol–water partition coefficient (Wildman–Crippen LogP) is 0.437. The first-order valence-electron chi connectivity index (χ1n) is 7.09. The molecule has 7 heteroatoms. The van der Waals surface area contributed by atoms with Crippen molar-refractivity contribution in [3.63, 3.8) is 0 Å². The van der Waals surface area contributed by atoms with Gasteiger partial charge < -0.3 is 10.6 Å². The van der Waals surface area contributed by atoms with Crippen LogP contribution in [0.25, 0.3) is 0 Å². The average molecular weight is 286 g/mol. The van der Waals surface area contributed by atoms with Crippen LogP contribution < -0.4 is 5.73 Å². The quantitative estimate of drug-likeness (QED) is 0.832. The fourth-order valence-electron chi connectivity index (χ4n) is 2.20. The Hall–Kier alpha value is -2.28. The number of pyridine rings is 1. The minimum Gasteiger partial charge on any atom is -0.329 e. The number of aromatic nitrogens is 4. The molecule has 0 atom stereocenters. The molecule has 2 aromatic rings. The number of nitrogens with two attached hydrogens (primary N) is 1. The van der Waals surface area contributed by atoms with E-state index in [2.05, 4.69) is 15.3 Å². The maximum atomic E-state index is 12.6. The lowest BCUT2D eigenvalue weighted by molar-refractivity contribution is 0.0721. The van der Waals surface area contributed by atoms with Gasteiger partial charge in [0.1, 0.15) is 0 Å². The molecule has 2 aromatic heterocycles. The molecule has 2 N–H and O–H groups in total. The Morgan fingerprint density at radius 3 is 2.95 bits per heavy atom. The van der Waals surface area contributed by atoms with Gasteiger partial charge in [-0.1, -0.05) is 11.3 Å². The zero-order chi connectivity index (χ0) is 14.7. The molecule has 1 aliphatic carbocycles. The minimum atomic E-state index is -0.0913. The van der Waals surface area contributed by atoms with Crippen molar-refractivity contribution in [2.24, 2.45) is 5.73 Å². The molecule has 1 amide bonds. The zero-order valence-corrected chi connectivity index (χ0v) is 11.7. The Morgan fingerprint density at radius 2 is 2.29 bits per heavy atom. The van der Waals surface area contributed by atoms with Gasteiger partial charge in [-0.3, -0.25) is 14.5 Å². The monoisotopic (exact) mass is 286 g/mol. The highest BCUT2D eigenvalue weighted by molar-refractivity contribution is 5.92. The molecular formula is C14H18N6O. The van der Waals surface area contributed by atoms with E-state index >= 15 is 0 Å². The van der Waals surface area contributed by atoms with E-state index in [1.165, 1.54) is 0 Å². The number of hydrogen-bond donors (Lipinski definition) is 1. The van der Waals surface area contributed by atoms with Crippen molar-refractivity contribution in [1.29, 1.82) is 0 Å². The summed E-state index contributed by atoms with van der Waals surface area (Å²) in [7, 11) is 0. The number of carbonyl (C=O) groups excluding carboxylic acids is 1. The van der Waals surface area contributed by atoms with Crippen molar-refractivity contribution in [2.45, 2.75) is 32.0 Å². The van der Waals surface area contributed by atoms with Crippen molar-refractivity contribution >= 4 is 5.91 Å². The molecule has 2 heterocycles. The molecular weight excluding hydrogens is 268 g/mol. The molecule has 1 aliphatic rings. The minimum absolute atomic E-state index is 0.0913. The normalized spacial score (nSPS) is 14.1. The van der Waals surface area contributed by atoms with Gasteiger partial charge in [0.05, 0.1) is 25.0 Å². The molecule has 21 heavy (non-hydrogen) atoms. The predicted molar refractivity (Wildman–Crippen MR) is 76.2 cm³/mol. The standard InChI is InChI=1S/C14H18N6O/c15-6-8-19-10-13(17-18-19)14(21)20(12-4-5-12)9-11-3-1-2-7-16-11/h1-3,7,10,12H,4-6,8-9,15H2. The summed E-state index contributed by atoms with van der Waals surface area (Å²) >= 11 is 0. The van der Waals surface area contributed by atoms with Gasteiger partial charge in [-0.2, -0.15) is 0 Å². The summed E-state index contributed by atoms with van der Waals surface area (Å²) in [5.74, 6) is -0.0913. The van der Waals surface area contributed by atoms with E-state index in [1.54, 1.807) is 17.1 Å². The van der Waals surface area contributed by atoms with Crippen LogP contribution in [0.4, 0.5) is 0 Å². The van der Waals surface area contributed by atoms with Crippen LogP contribution in [0.2, 0.25) is 0 Å². The Labute approximate surface area is 122 Å².